The van der Waals surface area contributed by atoms with Crippen LogP contribution < -0.4 is 4.74 Å². The number of ether oxygens (including phenoxy) is 1. The van der Waals surface area contributed by atoms with Crippen LogP contribution in [0, 0.1) is 0 Å². The molecule has 0 atom stereocenters. The van der Waals surface area contributed by atoms with Crippen molar-refractivity contribution in [2.24, 2.45) is 0 Å². The van der Waals surface area contributed by atoms with Crippen molar-refractivity contribution in [2.75, 3.05) is 13.7 Å². The van der Waals surface area contributed by atoms with E-state index in [2.05, 4.69) is 22.5 Å². The molecule has 0 heterocycles. The number of amides is 1. The molecule has 0 saturated heterocycles. The topological polar surface area (TPSA) is 29.5 Å². The van der Waals surface area contributed by atoms with Crippen LogP contribution in [0.3, 0.4) is 0 Å². The normalized spacial score (nSPS) is 10.3. The van der Waals surface area contributed by atoms with E-state index in [1.54, 1.807) is 36.3 Å². The molecule has 0 aliphatic heterocycles. The zero-order chi connectivity index (χ0) is 13.7. The summed E-state index contributed by atoms with van der Waals surface area (Å²) in [4.78, 5) is 14.1. The SMILES string of the molecule is C=CCN(C(=O)c1ccc(OC)c(Br)c1)C(C)C. The van der Waals surface area contributed by atoms with Crippen LogP contribution >= 0.6 is 15.9 Å². The zero-order valence-electron chi connectivity index (χ0n) is 10.9. The number of hydrogen-bond donors (Lipinski definition) is 0. The third-order valence-corrected chi connectivity index (χ3v) is 3.23. The Balaban J connectivity index is 3.01. The largest absolute Gasteiger partial charge is 0.496 e. The van der Waals surface area contributed by atoms with E-state index in [9.17, 15) is 4.79 Å². The van der Waals surface area contributed by atoms with Crippen LogP contribution in [0.4, 0.5) is 0 Å². The molecule has 0 aliphatic carbocycles. The summed E-state index contributed by atoms with van der Waals surface area (Å²) < 4.78 is 5.92. The molecule has 98 valence electrons. The van der Waals surface area contributed by atoms with Gasteiger partial charge in [0.05, 0.1) is 11.6 Å². The third-order valence-electron chi connectivity index (χ3n) is 2.61. The van der Waals surface area contributed by atoms with Gasteiger partial charge in [-0.05, 0) is 48.0 Å². The highest BCUT2D eigenvalue weighted by Gasteiger charge is 2.18. The first kappa shape index (κ1) is 14.8. The molecule has 0 aliphatic rings. The summed E-state index contributed by atoms with van der Waals surface area (Å²) in [6.45, 7) is 8.19. The number of methoxy groups -OCH3 is 1. The lowest BCUT2D eigenvalue weighted by Gasteiger charge is -2.25. The van der Waals surface area contributed by atoms with Crippen LogP contribution in [-0.2, 0) is 0 Å². The molecule has 0 radical (unpaired) electrons. The Bertz CT molecular complexity index is 443. The van der Waals surface area contributed by atoms with Crippen molar-refractivity contribution in [2.45, 2.75) is 19.9 Å². The first-order valence-corrected chi connectivity index (χ1v) is 6.56. The van der Waals surface area contributed by atoms with Gasteiger partial charge in [0.2, 0.25) is 0 Å². The van der Waals surface area contributed by atoms with Crippen molar-refractivity contribution in [3.05, 3.63) is 40.9 Å². The second-order valence-corrected chi connectivity index (χ2v) is 5.04. The number of carbonyl (C=O) groups excluding carboxylic acids is 1. The highest BCUT2D eigenvalue weighted by molar-refractivity contribution is 9.10. The Labute approximate surface area is 117 Å². The standard InChI is InChI=1S/C14H18BrNO2/c1-5-8-16(10(2)3)14(17)11-6-7-13(18-4)12(15)9-11/h5-7,9-10H,1,8H2,2-4H3. The van der Waals surface area contributed by atoms with E-state index < -0.39 is 0 Å². The minimum atomic E-state index is -0.00625. The molecular weight excluding hydrogens is 294 g/mol. The molecule has 18 heavy (non-hydrogen) atoms. The van der Waals surface area contributed by atoms with Gasteiger partial charge in [-0.2, -0.15) is 0 Å². The van der Waals surface area contributed by atoms with Crippen LogP contribution in [0.1, 0.15) is 24.2 Å². The van der Waals surface area contributed by atoms with Crippen LogP contribution in [0.5, 0.6) is 5.75 Å². The van der Waals surface area contributed by atoms with Gasteiger partial charge in [-0.3, -0.25) is 4.79 Å². The van der Waals surface area contributed by atoms with Gasteiger partial charge in [0, 0.05) is 18.2 Å². The smallest absolute Gasteiger partial charge is 0.254 e. The quantitative estimate of drug-likeness (QED) is 0.779. The fourth-order valence-corrected chi connectivity index (χ4v) is 2.17. The third kappa shape index (κ3) is 3.35. The second-order valence-electron chi connectivity index (χ2n) is 4.19. The predicted molar refractivity (Wildman–Crippen MR) is 77.1 cm³/mol. The van der Waals surface area contributed by atoms with Crippen molar-refractivity contribution in [1.82, 2.24) is 4.90 Å². The van der Waals surface area contributed by atoms with Gasteiger partial charge in [0.1, 0.15) is 5.75 Å². The summed E-state index contributed by atoms with van der Waals surface area (Å²) >= 11 is 3.38. The van der Waals surface area contributed by atoms with E-state index in [1.165, 1.54) is 0 Å². The van der Waals surface area contributed by atoms with Gasteiger partial charge < -0.3 is 9.64 Å². The highest BCUT2D eigenvalue weighted by atomic mass is 79.9. The minimum Gasteiger partial charge on any atom is -0.496 e. The van der Waals surface area contributed by atoms with Gasteiger partial charge >= 0.3 is 0 Å². The van der Waals surface area contributed by atoms with Gasteiger partial charge in [0.25, 0.3) is 5.91 Å². The average Bonchev–Trinajstić information content (AvgIpc) is 2.34. The Kier molecular flexibility index (Phi) is 5.41. The number of hydrogen-bond acceptors (Lipinski definition) is 2. The van der Waals surface area contributed by atoms with Crippen LogP contribution in [0.15, 0.2) is 35.3 Å². The summed E-state index contributed by atoms with van der Waals surface area (Å²) in [6.07, 6.45) is 1.73. The van der Waals surface area contributed by atoms with E-state index in [4.69, 9.17) is 4.74 Å². The molecule has 0 fully saturated rings. The van der Waals surface area contributed by atoms with Crippen molar-refractivity contribution < 1.29 is 9.53 Å². The van der Waals surface area contributed by atoms with Crippen LogP contribution in [0.2, 0.25) is 0 Å². The molecule has 0 N–H and O–H groups in total. The van der Waals surface area contributed by atoms with E-state index in [-0.39, 0.29) is 11.9 Å². The van der Waals surface area contributed by atoms with E-state index in [1.807, 2.05) is 13.8 Å². The minimum absolute atomic E-state index is 0.00625. The van der Waals surface area contributed by atoms with Gasteiger partial charge in [-0.1, -0.05) is 6.08 Å². The summed E-state index contributed by atoms with van der Waals surface area (Å²) in [5, 5.41) is 0. The fourth-order valence-electron chi connectivity index (χ4n) is 1.63. The average molecular weight is 312 g/mol. The Hall–Kier alpha value is -1.29. The maximum atomic E-state index is 12.3. The lowest BCUT2D eigenvalue weighted by molar-refractivity contribution is 0.0728. The van der Waals surface area contributed by atoms with Gasteiger partial charge in [0.15, 0.2) is 0 Å². The van der Waals surface area contributed by atoms with Gasteiger partial charge in [-0.25, -0.2) is 0 Å². The van der Waals surface area contributed by atoms with Crippen molar-refractivity contribution >= 4 is 21.8 Å². The van der Waals surface area contributed by atoms with Crippen molar-refractivity contribution in [3.63, 3.8) is 0 Å². The maximum absolute atomic E-state index is 12.3. The molecule has 0 unspecified atom stereocenters. The lowest BCUT2D eigenvalue weighted by atomic mass is 10.1. The summed E-state index contributed by atoms with van der Waals surface area (Å²) in [5.74, 6) is 0.708. The molecule has 0 saturated carbocycles. The number of carbonyl (C=O) groups is 1. The Morgan fingerprint density at radius 3 is 2.67 bits per heavy atom. The summed E-state index contributed by atoms with van der Waals surface area (Å²) in [7, 11) is 1.60. The van der Waals surface area contributed by atoms with Crippen LogP contribution in [0.25, 0.3) is 0 Å². The molecule has 0 bridgehead atoms. The van der Waals surface area contributed by atoms with E-state index in [0.29, 0.717) is 17.9 Å². The fraction of sp³-hybridized carbons (Fsp3) is 0.357. The molecule has 0 spiro atoms. The zero-order valence-corrected chi connectivity index (χ0v) is 12.5. The molecule has 1 aromatic rings. The summed E-state index contributed by atoms with van der Waals surface area (Å²) in [6, 6.07) is 5.46. The maximum Gasteiger partial charge on any atom is 0.254 e. The van der Waals surface area contributed by atoms with Crippen LogP contribution in [-0.4, -0.2) is 30.5 Å². The van der Waals surface area contributed by atoms with Crippen molar-refractivity contribution in [1.29, 1.82) is 0 Å². The first-order valence-electron chi connectivity index (χ1n) is 5.76. The molecule has 3 nitrogen and oxygen atoms in total. The van der Waals surface area contributed by atoms with E-state index >= 15 is 0 Å². The monoisotopic (exact) mass is 311 g/mol. The molecule has 0 aromatic heterocycles. The predicted octanol–water partition coefficient (Wildman–Crippen LogP) is 3.49. The number of nitrogens with zero attached hydrogens (tertiary/aromatic N) is 1. The van der Waals surface area contributed by atoms with E-state index in [0.717, 1.165) is 4.47 Å². The van der Waals surface area contributed by atoms with Gasteiger partial charge in [-0.15, -0.1) is 6.58 Å². The molecular formula is C14H18BrNO2. The Morgan fingerprint density at radius 2 is 2.22 bits per heavy atom. The molecule has 1 amide bonds. The summed E-state index contributed by atoms with van der Waals surface area (Å²) in [5.41, 5.74) is 0.637. The second kappa shape index (κ2) is 6.59. The highest BCUT2D eigenvalue weighted by Crippen LogP contribution is 2.26. The molecule has 4 heteroatoms. The number of rotatable bonds is 5. The number of benzene rings is 1. The lowest BCUT2D eigenvalue weighted by Crippen LogP contribution is -2.37. The number of halogens is 1. The molecule has 1 aromatic carbocycles. The van der Waals surface area contributed by atoms with Crippen molar-refractivity contribution in [3.8, 4) is 5.75 Å². The first-order chi connectivity index (χ1) is 8.51. The molecule has 1 rings (SSSR count). The Morgan fingerprint density at radius 1 is 1.56 bits per heavy atom.